The van der Waals surface area contributed by atoms with Gasteiger partial charge in [0.1, 0.15) is 0 Å². The fourth-order valence-corrected chi connectivity index (χ4v) is 2.39. The van der Waals surface area contributed by atoms with Gasteiger partial charge in [-0.1, -0.05) is 6.07 Å². The predicted molar refractivity (Wildman–Crippen MR) is 72.5 cm³/mol. The molecule has 0 unspecified atom stereocenters. The third-order valence-corrected chi connectivity index (χ3v) is 3.40. The lowest BCUT2D eigenvalue weighted by molar-refractivity contribution is 0.0812. The van der Waals surface area contributed by atoms with E-state index in [4.69, 9.17) is 0 Å². The summed E-state index contributed by atoms with van der Waals surface area (Å²) >= 11 is 0. The molecule has 0 spiro atoms. The highest BCUT2D eigenvalue weighted by molar-refractivity contribution is 5.03. The van der Waals surface area contributed by atoms with Crippen molar-refractivity contribution < 1.29 is 5.11 Å². The summed E-state index contributed by atoms with van der Waals surface area (Å²) in [5.41, 5.74) is 1.17. The average molecular weight is 249 g/mol. The Morgan fingerprint density at radius 2 is 1.94 bits per heavy atom. The fraction of sp³-hybridized carbons (Fsp3) is 0.643. The van der Waals surface area contributed by atoms with Gasteiger partial charge in [-0.05, 0) is 19.1 Å². The summed E-state index contributed by atoms with van der Waals surface area (Å²) in [4.78, 5) is 9.16. The molecule has 18 heavy (non-hydrogen) atoms. The Hall–Kier alpha value is -0.970. The van der Waals surface area contributed by atoms with Gasteiger partial charge in [0.05, 0.1) is 6.10 Å². The maximum atomic E-state index is 9.36. The molecule has 1 aliphatic heterocycles. The zero-order valence-electron chi connectivity index (χ0n) is 11.1. The van der Waals surface area contributed by atoms with Crippen LogP contribution in [0.2, 0.25) is 0 Å². The van der Waals surface area contributed by atoms with Gasteiger partial charge in [-0.3, -0.25) is 9.88 Å². The van der Waals surface area contributed by atoms with Crippen molar-refractivity contribution in [2.45, 2.75) is 19.4 Å². The number of hydrogen-bond acceptors (Lipinski definition) is 4. The van der Waals surface area contributed by atoms with Crippen LogP contribution in [0.25, 0.3) is 0 Å². The zero-order valence-corrected chi connectivity index (χ0v) is 11.1. The number of aromatic nitrogens is 1. The standard InChI is InChI=1S/C14H23N3O/c1-13(18)12-17-10-8-16(9-11-17)7-5-14-4-2-3-6-15-14/h2-4,6,13,18H,5,7-12H2,1H3/t13-/m0/s1. The van der Waals surface area contributed by atoms with Gasteiger partial charge >= 0.3 is 0 Å². The van der Waals surface area contributed by atoms with Crippen LogP contribution >= 0.6 is 0 Å². The van der Waals surface area contributed by atoms with Crippen molar-refractivity contribution in [1.82, 2.24) is 14.8 Å². The number of hydrogen-bond donors (Lipinski definition) is 1. The van der Waals surface area contributed by atoms with E-state index in [-0.39, 0.29) is 6.10 Å². The number of β-amino-alcohol motifs (C(OH)–C–C–N with tert-alkyl or cyclic N) is 1. The molecule has 2 rings (SSSR count). The van der Waals surface area contributed by atoms with Crippen molar-refractivity contribution in [2.75, 3.05) is 39.3 Å². The molecule has 1 atom stereocenters. The molecular formula is C14H23N3O. The summed E-state index contributed by atoms with van der Waals surface area (Å²) in [6.45, 7) is 8.06. The Morgan fingerprint density at radius 1 is 1.22 bits per heavy atom. The topological polar surface area (TPSA) is 39.6 Å². The lowest BCUT2D eigenvalue weighted by Crippen LogP contribution is -2.48. The van der Waals surface area contributed by atoms with Crippen molar-refractivity contribution in [3.05, 3.63) is 30.1 Å². The van der Waals surface area contributed by atoms with Crippen LogP contribution < -0.4 is 0 Å². The summed E-state index contributed by atoms with van der Waals surface area (Å²) in [5, 5.41) is 9.36. The van der Waals surface area contributed by atoms with E-state index < -0.39 is 0 Å². The van der Waals surface area contributed by atoms with E-state index in [9.17, 15) is 5.11 Å². The van der Waals surface area contributed by atoms with Crippen LogP contribution in [0.5, 0.6) is 0 Å². The van der Waals surface area contributed by atoms with Gasteiger partial charge in [-0.15, -0.1) is 0 Å². The first-order chi connectivity index (χ1) is 8.74. The van der Waals surface area contributed by atoms with Gasteiger partial charge in [0.25, 0.3) is 0 Å². The molecule has 1 aromatic rings. The molecule has 1 fully saturated rings. The van der Waals surface area contributed by atoms with Crippen molar-refractivity contribution in [2.24, 2.45) is 0 Å². The Kier molecular flexibility index (Phi) is 5.11. The Labute approximate surface area is 109 Å². The molecule has 0 radical (unpaired) electrons. The average Bonchev–Trinajstić information content (AvgIpc) is 2.38. The van der Waals surface area contributed by atoms with E-state index in [2.05, 4.69) is 20.9 Å². The highest BCUT2D eigenvalue weighted by Crippen LogP contribution is 2.04. The molecule has 4 nitrogen and oxygen atoms in total. The number of aliphatic hydroxyl groups is 1. The smallest absolute Gasteiger partial charge is 0.0639 e. The van der Waals surface area contributed by atoms with Gasteiger partial charge < -0.3 is 10.0 Å². The van der Waals surface area contributed by atoms with Crippen LogP contribution in [0.1, 0.15) is 12.6 Å². The van der Waals surface area contributed by atoms with Crippen LogP contribution in [-0.2, 0) is 6.42 Å². The fourth-order valence-electron chi connectivity index (χ4n) is 2.39. The maximum absolute atomic E-state index is 9.36. The summed E-state index contributed by atoms with van der Waals surface area (Å²) in [6, 6.07) is 6.09. The monoisotopic (exact) mass is 249 g/mol. The summed E-state index contributed by atoms with van der Waals surface area (Å²) in [7, 11) is 0. The molecule has 2 heterocycles. The molecule has 100 valence electrons. The largest absolute Gasteiger partial charge is 0.392 e. The van der Waals surface area contributed by atoms with E-state index in [0.717, 1.165) is 45.7 Å². The predicted octanol–water partition coefficient (Wildman–Crippen LogP) is 0.622. The molecule has 4 heteroatoms. The molecule has 1 aliphatic rings. The number of nitrogens with zero attached hydrogens (tertiary/aromatic N) is 3. The normalized spacial score (nSPS) is 19.9. The SMILES string of the molecule is C[C@H](O)CN1CCN(CCc2ccccn2)CC1. The third kappa shape index (κ3) is 4.37. The number of piperazine rings is 1. The quantitative estimate of drug-likeness (QED) is 0.830. The van der Waals surface area contributed by atoms with Crippen molar-refractivity contribution in [3.8, 4) is 0 Å². The minimum atomic E-state index is -0.218. The number of aliphatic hydroxyl groups excluding tert-OH is 1. The Morgan fingerprint density at radius 3 is 2.56 bits per heavy atom. The van der Waals surface area contributed by atoms with E-state index in [1.165, 1.54) is 5.69 Å². The first kappa shape index (κ1) is 13.5. The van der Waals surface area contributed by atoms with Gasteiger partial charge in [0, 0.05) is 57.6 Å². The van der Waals surface area contributed by atoms with Crippen molar-refractivity contribution in [3.63, 3.8) is 0 Å². The molecule has 0 aromatic carbocycles. The van der Waals surface area contributed by atoms with Crippen molar-refractivity contribution in [1.29, 1.82) is 0 Å². The van der Waals surface area contributed by atoms with Gasteiger partial charge in [-0.25, -0.2) is 0 Å². The third-order valence-electron chi connectivity index (χ3n) is 3.40. The molecule has 0 bridgehead atoms. The summed E-state index contributed by atoms with van der Waals surface area (Å²) < 4.78 is 0. The lowest BCUT2D eigenvalue weighted by Gasteiger charge is -2.35. The molecule has 1 aromatic heterocycles. The van der Waals surface area contributed by atoms with Crippen LogP contribution in [-0.4, -0.2) is 65.3 Å². The van der Waals surface area contributed by atoms with E-state index >= 15 is 0 Å². The van der Waals surface area contributed by atoms with Gasteiger partial charge in [-0.2, -0.15) is 0 Å². The minimum Gasteiger partial charge on any atom is -0.392 e. The molecule has 1 saturated heterocycles. The second kappa shape index (κ2) is 6.83. The molecule has 0 amide bonds. The molecule has 0 saturated carbocycles. The summed E-state index contributed by atoms with van der Waals surface area (Å²) in [5.74, 6) is 0. The second-order valence-corrected chi connectivity index (χ2v) is 5.06. The summed E-state index contributed by atoms with van der Waals surface area (Å²) in [6.07, 6.45) is 2.66. The molecule has 0 aliphatic carbocycles. The van der Waals surface area contributed by atoms with E-state index in [0.29, 0.717) is 0 Å². The van der Waals surface area contributed by atoms with Gasteiger partial charge in [0.15, 0.2) is 0 Å². The van der Waals surface area contributed by atoms with Crippen LogP contribution in [0, 0.1) is 0 Å². The minimum absolute atomic E-state index is 0.218. The zero-order chi connectivity index (χ0) is 12.8. The first-order valence-corrected chi connectivity index (χ1v) is 6.77. The van der Waals surface area contributed by atoms with E-state index in [1.807, 2.05) is 25.3 Å². The highest BCUT2D eigenvalue weighted by atomic mass is 16.3. The first-order valence-electron chi connectivity index (χ1n) is 6.77. The van der Waals surface area contributed by atoms with Gasteiger partial charge in [0.2, 0.25) is 0 Å². The Balaban J connectivity index is 1.68. The lowest BCUT2D eigenvalue weighted by atomic mass is 10.2. The molecule has 1 N–H and O–H groups in total. The highest BCUT2D eigenvalue weighted by Gasteiger charge is 2.17. The van der Waals surface area contributed by atoms with Crippen LogP contribution in [0.15, 0.2) is 24.4 Å². The van der Waals surface area contributed by atoms with Crippen LogP contribution in [0.4, 0.5) is 0 Å². The van der Waals surface area contributed by atoms with Crippen molar-refractivity contribution >= 4 is 0 Å². The second-order valence-electron chi connectivity index (χ2n) is 5.06. The van der Waals surface area contributed by atoms with Crippen LogP contribution in [0.3, 0.4) is 0 Å². The van der Waals surface area contributed by atoms with E-state index in [1.54, 1.807) is 0 Å². The Bertz CT molecular complexity index is 334. The number of pyridine rings is 1. The molecular weight excluding hydrogens is 226 g/mol. The maximum Gasteiger partial charge on any atom is 0.0639 e. The number of rotatable bonds is 5.